The molecule has 5 heteroatoms. The molecule has 1 aliphatic carbocycles. The monoisotopic (exact) mass is 392 g/mol. The van der Waals surface area contributed by atoms with Crippen molar-refractivity contribution in [1.82, 2.24) is 10.2 Å². The first-order chi connectivity index (χ1) is 13.7. The van der Waals surface area contributed by atoms with Crippen molar-refractivity contribution in [2.45, 2.75) is 121 Å². The minimum Gasteiger partial charge on any atom is -0.351 e. The van der Waals surface area contributed by atoms with E-state index in [1.165, 1.54) is 62.7 Å². The van der Waals surface area contributed by atoms with Crippen LogP contribution in [0.2, 0.25) is 0 Å². The standard InChI is InChI=1S/C23H40N2O3/c26-20-24-23(19-25-21(27)15-14-16-22(25)28)17-12-10-8-6-4-2-1-3-5-7-9-11-13-18-23/h20H,1-19H2,(H,24,26). The van der Waals surface area contributed by atoms with Crippen molar-refractivity contribution in [3.05, 3.63) is 0 Å². The molecule has 3 amide bonds. The summed E-state index contributed by atoms with van der Waals surface area (Å²) < 4.78 is 0. The molecule has 2 aliphatic rings. The zero-order valence-corrected chi connectivity index (χ0v) is 17.7. The van der Waals surface area contributed by atoms with E-state index in [1.54, 1.807) is 0 Å². The van der Waals surface area contributed by atoms with Gasteiger partial charge in [0, 0.05) is 12.8 Å². The number of piperidine rings is 1. The maximum atomic E-state index is 12.3. The number of likely N-dealkylation sites (tertiary alicyclic amines) is 1. The van der Waals surface area contributed by atoms with Gasteiger partial charge in [0.25, 0.3) is 0 Å². The van der Waals surface area contributed by atoms with Gasteiger partial charge in [-0.1, -0.05) is 83.5 Å². The molecule has 0 atom stereocenters. The van der Waals surface area contributed by atoms with Gasteiger partial charge in [-0.15, -0.1) is 0 Å². The molecule has 5 nitrogen and oxygen atoms in total. The van der Waals surface area contributed by atoms with E-state index in [0.717, 1.165) is 44.9 Å². The van der Waals surface area contributed by atoms with Crippen LogP contribution in [0, 0.1) is 0 Å². The average Bonchev–Trinajstić information content (AvgIpc) is 2.67. The van der Waals surface area contributed by atoms with Gasteiger partial charge in [0.2, 0.25) is 18.2 Å². The average molecular weight is 393 g/mol. The minimum absolute atomic E-state index is 0.0736. The van der Waals surface area contributed by atoms with Gasteiger partial charge in [-0.25, -0.2) is 0 Å². The summed E-state index contributed by atoms with van der Waals surface area (Å²) >= 11 is 0. The Hall–Kier alpha value is -1.39. The first-order valence-corrected chi connectivity index (χ1v) is 11.7. The number of rotatable bonds is 4. The summed E-state index contributed by atoms with van der Waals surface area (Å²) in [5.41, 5.74) is -0.457. The minimum atomic E-state index is -0.457. The van der Waals surface area contributed by atoms with Crippen LogP contribution in [-0.2, 0) is 14.4 Å². The summed E-state index contributed by atoms with van der Waals surface area (Å²) in [5, 5.41) is 3.06. The molecular formula is C23H40N2O3. The van der Waals surface area contributed by atoms with Crippen molar-refractivity contribution in [1.29, 1.82) is 0 Å². The van der Waals surface area contributed by atoms with Gasteiger partial charge in [-0.05, 0) is 19.3 Å². The number of hydrogen-bond acceptors (Lipinski definition) is 3. The number of imide groups is 1. The third kappa shape index (κ3) is 7.92. The Morgan fingerprint density at radius 1 is 0.679 bits per heavy atom. The van der Waals surface area contributed by atoms with E-state index in [4.69, 9.17) is 0 Å². The lowest BCUT2D eigenvalue weighted by Crippen LogP contribution is -2.56. The van der Waals surface area contributed by atoms with Crippen LogP contribution in [-0.4, -0.2) is 35.2 Å². The van der Waals surface area contributed by atoms with E-state index in [0.29, 0.717) is 25.8 Å². The second-order valence-corrected chi connectivity index (χ2v) is 8.87. The SMILES string of the molecule is O=CNC1(CN2C(=O)CCCC2=O)CCCCCCCCCCCCCCC1. The number of carbonyl (C=O) groups excluding carboxylic acids is 3. The summed E-state index contributed by atoms with van der Waals surface area (Å²) in [5.74, 6) is -0.147. The van der Waals surface area contributed by atoms with Crippen LogP contribution in [0.3, 0.4) is 0 Å². The van der Waals surface area contributed by atoms with E-state index in [9.17, 15) is 14.4 Å². The molecule has 0 bridgehead atoms. The molecule has 1 N–H and O–H groups in total. The Morgan fingerprint density at radius 3 is 1.46 bits per heavy atom. The zero-order chi connectivity index (χ0) is 20.1. The lowest BCUT2D eigenvalue weighted by Gasteiger charge is -2.39. The maximum absolute atomic E-state index is 12.3. The third-order valence-corrected chi connectivity index (χ3v) is 6.52. The Balaban J connectivity index is 2.02. The Morgan fingerprint density at radius 2 is 1.07 bits per heavy atom. The fourth-order valence-electron chi connectivity index (χ4n) is 4.75. The summed E-state index contributed by atoms with van der Waals surface area (Å²) in [6, 6.07) is 0. The van der Waals surface area contributed by atoms with Gasteiger partial charge in [0.15, 0.2) is 0 Å². The molecule has 0 unspecified atom stereocenters. The van der Waals surface area contributed by atoms with Gasteiger partial charge in [0.05, 0.1) is 12.1 Å². The number of hydrogen-bond donors (Lipinski definition) is 1. The van der Waals surface area contributed by atoms with Gasteiger partial charge < -0.3 is 5.32 Å². The fraction of sp³-hybridized carbons (Fsp3) is 0.870. The lowest BCUT2D eigenvalue weighted by atomic mass is 9.85. The molecule has 0 spiro atoms. The zero-order valence-electron chi connectivity index (χ0n) is 17.7. The van der Waals surface area contributed by atoms with Crippen molar-refractivity contribution in [3.8, 4) is 0 Å². The number of amides is 3. The van der Waals surface area contributed by atoms with Crippen LogP contribution < -0.4 is 5.32 Å². The molecule has 2 rings (SSSR count). The van der Waals surface area contributed by atoms with E-state index in [-0.39, 0.29) is 11.8 Å². The highest BCUT2D eigenvalue weighted by molar-refractivity contribution is 5.97. The van der Waals surface area contributed by atoms with Crippen LogP contribution in [0.5, 0.6) is 0 Å². The molecular weight excluding hydrogens is 352 g/mol. The highest BCUT2D eigenvalue weighted by atomic mass is 16.2. The lowest BCUT2D eigenvalue weighted by molar-refractivity contribution is -0.149. The maximum Gasteiger partial charge on any atom is 0.229 e. The van der Waals surface area contributed by atoms with E-state index in [1.807, 2.05) is 0 Å². The van der Waals surface area contributed by atoms with Gasteiger partial charge in [0.1, 0.15) is 0 Å². The second kappa shape index (κ2) is 12.9. The van der Waals surface area contributed by atoms with Crippen LogP contribution >= 0.6 is 0 Å². The van der Waals surface area contributed by atoms with Gasteiger partial charge in [-0.2, -0.15) is 0 Å². The molecule has 0 radical (unpaired) electrons. The Bertz CT molecular complexity index is 460. The second-order valence-electron chi connectivity index (χ2n) is 8.87. The van der Waals surface area contributed by atoms with Crippen LogP contribution in [0.1, 0.15) is 116 Å². The molecule has 0 aromatic heterocycles. The molecule has 28 heavy (non-hydrogen) atoms. The molecule has 1 saturated carbocycles. The largest absolute Gasteiger partial charge is 0.351 e. The van der Waals surface area contributed by atoms with Crippen molar-refractivity contribution < 1.29 is 14.4 Å². The van der Waals surface area contributed by atoms with Crippen molar-refractivity contribution in [2.75, 3.05) is 6.54 Å². The summed E-state index contributed by atoms with van der Waals surface area (Å²) in [6.07, 6.45) is 20.2. The molecule has 0 aromatic carbocycles. The molecule has 1 saturated heterocycles. The molecule has 160 valence electrons. The van der Waals surface area contributed by atoms with Crippen LogP contribution in [0.25, 0.3) is 0 Å². The van der Waals surface area contributed by atoms with E-state index >= 15 is 0 Å². The van der Waals surface area contributed by atoms with Crippen LogP contribution in [0.15, 0.2) is 0 Å². The molecule has 1 aliphatic heterocycles. The molecule has 0 aromatic rings. The van der Waals surface area contributed by atoms with Crippen molar-refractivity contribution in [2.24, 2.45) is 0 Å². The number of nitrogens with zero attached hydrogens (tertiary/aromatic N) is 1. The quantitative estimate of drug-likeness (QED) is 0.548. The highest BCUT2D eigenvalue weighted by Gasteiger charge is 2.36. The van der Waals surface area contributed by atoms with E-state index < -0.39 is 5.54 Å². The highest BCUT2D eigenvalue weighted by Crippen LogP contribution is 2.27. The fourth-order valence-corrected chi connectivity index (χ4v) is 4.75. The smallest absolute Gasteiger partial charge is 0.229 e. The first kappa shape index (κ1) is 22.9. The number of nitrogens with one attached hydrogen (secondary N) is 1. The van der Waals surface area contributed by atoms with Crippen molar-refractivity contribution >= 4 is 18.2 Å². The summed E-state index contributed by atoms with van der Waals surface area (Å²) in [6.45, 7) is 0.351. The predicted octanol–water partition coefficient (Wildman–Crippen LogP) is 4.88. The Kier molecular flexibility index (Phi) is 10.6. The summed E-state index contributed by atoms with van der Waals surface area (Å²) in [7, 11) is 0. The molecule has 1 heterocycles. The first-order valence-electron chi connectivity index (χ1n) is 11.7. The predicted molar refractivity (Wildman–Crippen MR) is 112 cm³/mol. The number of carbonyl (C=O) groups is 3. The topological polar surface area (TPSA) is 66.5 Å². The van der Waals surface area contributed by atoms with Crippen molar-refractivity contribution in [3.63, 3.8) is 0 Å². The Labute approximate surface area is 171 Å². The van der Waals surface area contributed by atoms with Gasteiger partial charge >= 0.3 is 0 Å². The normalized spacial score (nSPS) is 23.9. The van der Waals surface area contributed by atoms with E-state index in [2.05, 4.69) is 5.32 Å². The summed E-state index contributed by atoms with van der Waals surface area (Å²) in [4.78, 5) is 37.6. The van der Waals surface area contributed by atoms with Gasteiger partial charge in [-0.3, -0.25) is 19.3 Å². The molecule has 2 fully saturated rings. The third-order valence-electron chi connectivity index (χ3n) is 6.52. The van der Waals surface area contributed by atoms with Crippen LogP contribution in [0.4, 0.5) is 0 Å².